The summed E-state index contributed by atoms with van der Waals surface area (Å²) < 4.78 is 3.06. The summed E-state index contributed by atoms with van der Waals surface area (Å²) >= 11 is 0. The lowest BCUT2D eigenvalue weighted by Gasteiger charge is -2.32. The van der Waals surface area contributed by atoms with Crippen LogP contribution in [0.2, 0.25) is 0 Å². The smallest absolute Gasteiger partial charge is 0.329 e. The van der Waals surface area contributed by atoms with Gasteiger partial charge in [-0.1, -0.05) is 6.07 Å². The van der Waals surface area contributed by atoms with Gasteiger partial charge in [-0.25, -0.2) is 4.79 Å². The van der Waals surface area contributed by atoms with Crippen LogP contribution in [0.1, 0.15) is 44.6 Å². The van der Waals surface area contributed by atoms with Crippen molar-refractivity contribution in [3.8, 4) is 0 Å². The summed E-state index contributed by atoms with van der Waals surface area (Å²) in [6, 6.07) is 4.95. The van der Waals surface area contributed by atoms with Gasteiger partial charge in [-0.2, -0.15) is 0 Å². The lowest BCUT2D eigenvalue weighted by Crippen LogP contribution is -2.44. The number of para-hydroxylation sites is 1. The van der Waals surface area contributed by atoms with Crippen LogP contribution in [0.15, 0.2) is 23.0 Å². The van der Waals surface area contributed by atoms with Gasteiger partial charge in [0.1, 0.15) is 6.04 Å². The fourth-order valence-electron chi connectivity index (χ4n) is 4.93. The molecule has 1 aromatic carbocycles. The van der Waals surface area contributed by atoms with Gasteiger partial charge in [0.2, 0.25) is 11.8 Å². The van der Waals surface area contributed by atoms with Crippen molar-refractivity contribution in [2.75, 3.05) is 31.5 Å². The molecule has 2 aliphatic rings. The molecule has 10 heteroatoms. The van der Waals surface area contributed by atoms with E-state index in [1.807, 2.05) is 18.2 Å². The Morgan fingerprint density at radius 1 is 1.18 bits per heavy atom. The second-order valence-electron chi connectivity index (χ2n) is 9.02. The Bertz CT molecular complexity index is 1110. The van der Waals surface area contributed by atoms with Gasteiger partial charge < -0.3 is 15.3 Å². The number of fused-ring (bicyclic) bond motifs is 1. The summed E-state index contributed by atoms with van der Waals surface area (Å²) in [6.45, 7) is 3.52. The quantitative estimate of drug-likeness (QED) is 0.510. The third-order valence-corrected chi connectivity index (χ3v) is 6.78. The lowest BCUT2D eigenvalue weighted by molar-refractivity contribution is -0.137. The highest BCUT2D eigenvalue weighted by atomic mass is 16.4. The first-order valence-corrected chi connectivity index (χ1v) is 11.6. The highest BCUT2D eigenvalue weighted by Gasteiger charge is 2.31. The number of hydrogen-bond acceptors (Lipinski definition) is 6. The van der Waals surface area contributed by atoms with Crippen LogP contribution in [0, 0.1) is 5.92 Å². The highest BCUT2D eigenvalue weighted by molar-refractivity contribution is 6.00. The Morgan fingerprint density at radius 2 is 1.94 bits per heavy atom. The molecular weight excluding hydrogens is 426 g/mol. The summed E-state index contributed by atoms with van der Waals surface area (Å²) in [5, 5.41) is 14.6. The van der Waals surface area contributed by atoms with Gasteiger partial charge in [0.15, 0.2) is 0 Å². The summed E-state index contributed by atoms with van der Waals surface area (Å²) in [7, 11) is 1.70. The fourth-order valence-corrected chi connectivity index (χ4v) is 4.93. The molecule has 2 saturated heterocycles. The number of rotatable bonds is 8. The first kappa shape index (κ1) is 23.0. The van der Waals surface area contributed by atoms with E-state index in [4.69, 9.17) is 5.11 Å². The number of nitrogens with zero attached hydrogens (tertiary/aromatic N) is 3. The predicted molar refractivity (Wildman–Crippen MR) is 123 cm³/mol. The standard InChI is InChI=1S/C23H31N5O5/c1-26-21-16(24-14-15-9-12-27(13-10-15)11-3-6-20(30)31)4-2-5-17(21)28(23(26)33)18-7-8-19(29)25-22(18)32/h2,4-5,15,18,24H,3,6-14H2,1H3,(H,30,31)(H,25,29,32). The molecule has 2 aromatic rings. The van der Waals surface area contributed by atoms with Crippen molar-refractivity contribution in [2.24, 2.45) is 13.0 Å². The van der Waals surface area contributed by atoms with Gasteiger partial charge in [0, 0.05) is 26.4 Å². The number of aryl methyl sites for hydroxylation is 1. The number of imide groups is 1. The van der Waals surface area contributed by atoms with Crippen molar-refractivity contribution in [1.29, 1.82) is 0 Å². The molecular formula is C23H31N5O5. The van der Waals surface area contributed by atoms with E-state index in [2.05, 4.69) is 15.5 Å². The largest absolute Gasteiger partial charge is 0.481 e. The van der Waals surface area contributed by atoms with Crippen molar-refractivity contribution < 1.29 is 19.5 Å². The molecule has 0 spiro atoms. The Balaban J connectivity index is 1.43. The number of benzene rings is 1. The molecule has 3 N–H and O–H groups in total. The number of hydrogen-bond donors (Lipinski definition) is 3. The highest BCUT2D eigenvalue weighted by Crippen LogP contribution is 2.28. The molecule has 1 aromatic heterocycles. The summed E-state index contributed by atoms with van der Waals surface area (Å²) in [5.74, 6) is -0.997. The predicted octanol–water partition coefficient (Wildman–Crippen LogP) is 1.31. The molecule has 0 bridgehead atoms. The Morgan fingerprint density at radius 3 is 2.64 bits per heavy atom. The molecule has 0 aliphatic carbocycles. The number of aliphatic carboxylic acids is 1. The molecule has 10 nitrogen and oxygen atoms in total. The first-order chi connectivity index (χ1) is 15.8. The van der Waals surface area contributed by atoms with Crippen molar-refractivity contribution in [1.82, 2.24) is 19.4 Å². The molecule has 2 fully saturated rings. The van der Waals surface area contributed by atoms with Crippen LogP contribution in [-0.4, -0.2) is 63.1 Å². The number of amides is 2. The number of aromatic nitrogens is 2. The maximum Gasteiger partial charge on any atom is 0.329 e. The van der Waals surface area contributed by atoms with Crippen LogP contribution >= 0.6 is 0 Å². The number of likely N-dealkylation sites (tertiary alicyclic amines) is 1. The van der Waals surface area contributed by atoms with Gasteiger partial charge in [-0.15, -0.1) is 0 Å². The number of carboxylic acids is 1. The van der Waals surface area contributed by atoms with Crippen molar-refractivity contribution in [3.05, 3.63) is 28.7 Å². The van der Waals surface area contributed by atoms with E-state index in [9.17, 15) is 19.2 Å². The third kappa shape index (κ3) is 4.95. The van der Waals surface area contributed by atoms with Gasteiger partial charge in [-0.05, 0) is 63.4 Å². The topological polar surface area (TPSA) is 126 Å². The van der Waals surface area contributed by atoms with E-state index in [1.165, 1.54) is 4.57 Å². The zero-order valence-electron chi connectivity index (χ0n) is 18.9. The summed E-state index contributed by atoms with van der Waals surface area (Å²) in [6.07, 6.45) is 3.48. The van der Waals surface area contributed by atoms with Gasteiger partial charge in [0.05, 0.1) is 16.7 Å². The van der Waals surface area contributed by atoms with Crippen LogP contribution in [0.3, 0.4) is 0 Å². The molecule has 1 unspecified atom stereocenters. The Labute approximate surface area is 191 Å². The molecule has 0 radical (unpaired) electrons. The summed E-state index contributed by atoms with van der Waals surface area (Å²) in [4.78, 5) is 50.0. The molecule has 178 valence electrons. The lowest BCUT2D eigenvalue weighted by atomic mass is 9.96. The van der Waals surface area contributed by atoms with Crippen molar-refractivity contribution in [2.45, 2.75) is 44.6 Å². The molecule has 1 atom stereocenters. The Kier molecular flexibility index (Phi) is 6.83. The minimum Gasteiger partial charge on any atom is -0.481 e. The molecule has 2 aliphatic heterocycles. The number of carbonyl (C=O) groups is 3. The van der Waals surface area contributed by atoms with Crippen molar-refractivity contribution >= 4 is 34.5 Å². The minimum atomic E-state index is -0.746. The zero-order valence-corrected chi connectivity index (χ0v) is 18.9. The number of carbonyl (C=O) groups excluding carboxylic acids is 2. The van der Waals surface area contributed by atoms with E-state index in [-0.39, 0.29) is 24.4 Å². The molecule has 0 saturated carbocycles. The second-order valence-corrected chi connectivity index (χ2v) is 9.02. The van der Waals surface area contributed by atoms with E-state index in [0.717, 1.165) is 50.2 Å². The molecule has 33 heavy (non-hydrogen) atoms. The van der Waals surface area contributed by atoms with E-state index < -0.39 is 17.9 Å². The molecule has 4 rings (SSSR count). The maximum absolute atomic E-state index is 13.0. The SMILES string of the molecule is Cn1c(=O)n(C2CCC(=O)NC2=O)c2cccc(NCC3CCN(CCCC(=O)O)CC3)c21. The summed E-state index contributed by atoms with van der Waals surface area (Å²) in [5.41, 5.74) is 2.00. The van der Waals surface area contributed by atoms with E-state index >= 15 is 0 Å². The number of piperidine rings is 2. The maximum atomic E-state index is 13.0. The average Bonchev–Trinajstić information content (AvgIpc) is 3.04. The van der Waals surface area contributed by atoms with Crippen LogP contribution in [-0.2, 0) is 21.4 Å². The van der Waals surface area contributed by atoms with Crippen LogP contribution in [0.25, 0.3) is 11.0 Å². The third-order valence-electron chi connectivity index (χ3n) is 6.78. The normalized spacial score (nSPS) is 20.2. The number of anilines is 1. The van der Waals surface area contributed by atoms with Crippen LogP contribution < -0.4 is 16.3 Å². The number of carboxylic acid groups (broad SMARTS) is 1. The van der Waals surface area contributed by atoms with Crippen LogP contribution in [0.5, 0.6) is 0 Å². The van der Waals surface area contributed by atoms with Gasteiger partial charge in [0.25, 0.3) is 0 Å². The Hall–Kier alpha value is -3.14. The average molecular weight is 458 g/mol. The monoisotopic (exact) mass is 457 g/mol. The van der Waals surface area contributed by atoms with Gasteiger partial charge >= 0.3 is 11.7 Å². The molecule has 2 amide bonds. The van der Waals surface area contributed by atoms with E-state index in [0.29, 0.717) is 24.3 Å². The zero-order chi connectivity index (χ0) is 23.5. The first-order valence-electron chi connectivity index (χ1n) is 11.6. The number of imidazole rings is 1. The molecule has 3 heterocycles. The second kappa shape index (κ2) is 9.78. The fraction of sp³-hybridized carbons (Fsp3) is 0.565. The minimum absolute atomic E-state index is 0.211. The van der Waals surface area contributed by atoms with Crippen molar-refractivity contribution in [3.63, 3.8) is 0 Å². The van der Waals surface area contributed by atoms with E-state index in [1.54, 1.807) is 11.6 Å². The number of nitrogens with one attached hydrogen (secondary N) is 2. The van der Waals surface area contributed by atoms with Crippen LogP contribution in [0.4, 0.5) is 5.69 Å². The van der Waals surface area contributed by atoms with Gasteiger partial charge in [-0.3, -0.25) is 28.8 Å².